The molecule has 1 aromatic heterocycles. The molecule has 2 aromatic rings. The number of aromatic nitrogens is 1. The van der Waals surface area contributed by atoms with E-state index in [1.165, 1.54) is 30.6 Å². The van der Waals surface area contributed by atoms with Gasteiger partial charge in [-0.15, -0.1) is 0 Å². The van der Waals surface area contributed by atoms with Gasteiger partial charge in [0.05, 0.1) is 16.5 Å². The molecule has 2 amide bonds. The fraction of sp³-hybridized carbons (Fsp3) is 0.462. The van der Waals surface area contributed by atoms with Gasteiger partial charge >= 0.3 is 0 Å². The molecule has 1 heterocycles. The molecular weight excluding hydrogens is 434 g/mol. The first-order valence-electron chi connectivity index (χ1n) is 11.8. The Morgan fingerprint density at radius 3 is 2.82 bits per heavy atom. The number of anilines is 1. The Balaban J connectivity index is 1.09. The number of benzene rings is 1. The molecule has 0 radical (unpaired) electrons. The number of carbonyl (C=O) groups is 3. The summed E-state index contributed by atoms with van der Waals surface area (Å²) in [5.74, 6) is 1.07. The number of rotatable bonds is 5. The Morgan fingerprint density at radius 1 is 1.21 bits per heavy atom. The van der Waals surface area contributed by atoms with Crippen molar-refractivity contribution in [3.8, 4) is 0 Å². The number of nitrogens with one attached hydrogen (secondary N) is 2. The fourth-order valence-electron chi connectivity index (χ4n) is 6.26. The largest absolute Gasteiger partial charge is 0.356 e. The molecule has 170 valence electrons. The predicted molar refractivity (Wildman–Crippen MR) is 126 cm³/mol. The van der Waals surface area contributed by atoms with Crippen molar-refractivity contribution < 1.29 is 14.4 Å². The summed E-state index contributed by atoms with van der Waals surface area (Å²) in [5.41, 5.74) is 2.69. The van der Waals surface area contributed by atoms with E-state index in [4.69, 9.17) is 0 Å². The molecule has 6 rings (SSSR count). The van der Waals surface area contributed by atoms with E-state index in [0.29, 0.717) is 57.4 Å². The smallest absolute Gasteiger partial charge is 0.257 e. The number of carbonyl (C=O) groups excluding carboxylic acids is 3. The summed E-state index contributed by atoms with van der Waals surface area (Å²) in [6.07, 6.45) is 9.21. The summed E-state index contributed by atoms with van der Waals surface area (Å²) in [6, 6.07) is 7.33. The molecule has 1 spiro atoms. The topological polar surface area (TPSA) is 88.2 Å². The van der Waals surface area contributed by atoms with Crippen molar-refractivity contribution >= 4 is 34.1 Å². The molecular formula is C26H27N3O3S. The van der Waals surface area contributed by atoms with Gasteiger partial charge < -0.3 is 5.32 Å². The summed E-state index contributed by atoms with van der Waals surface area (Å²) in [7, 11) is 0. The zero-order valence-electron chi connectivity index (χ0n) is 18.6. The minimum absolute atomic E-state index is 0.0519. The van der Waals surface area contributed by atoms with E-state index < -0.39 is 5.92 Å². The maximum atomic E-state index is 12.9. The summed E-state index contributed by atoms with van der Waals surface area (Å²) in [6.45, 7) is 2.62. The molecule has 7 heteroatoms. The lowest BCUT2D eigenvalue weighted by Crippen LogP contribution is -2.38. The molecule has 4 atom stereocenters. The molecule has 2 saturated carbocycles. The van der Waals surface area contributed by atoms with Crippen LogP contribution in [0.5, 0.6) is 0 Å². The molecule has 2 fully saturated rings. The summed E-state index contributed by atoms with van der Waals surface area (Å²) in [4.78, 5) is 43.3. The Hall–Kier alpha value is -2.80. The number of allylic oxidation sites excluding steroid dienone is 2. The Bertz CT molecular complexity index is 1200. The van der Waals surface area contributed by atoms with Crippen LogP contribution >= 0.6 is 11.3 Å². The minimum Gasteiger partial charge on any atom is -0.356 e. The average molecular weight is 462 g/mol. The van der Waals surface area contributed by atoms with Crippen LogP contribution in [0, 0.1) is 36.0 Å². The third-order valence-corrected chi connectivity index (χ3v) is 9.13. The molecule has 4 aliphatic carbocycles. The van der Waals surface area contributed by atoms with Crippen LogP contribution in [-0.4, -0.2) is 29.1 Å². The molecule has 1 aromatic carbocycles. The van der Waals surface area contributed by atoms with E-state index in [0.717, 1.165) is 5.56 Å². The lowest BCUT2D eigenvalue weighted by molar-refractivity contribution is -0.125. The SMILES string of the molecule is Cc1cccc(C(=O)Nc2nc3c(s2)C(=O)C[C@@H](C(=O)NC[C@@H]2C[C@@H]4C=C[C@@H]2C42CC2)C3)c1. The number of Topliss-reactive ketones (excluding diaryl/α,β-unsaturated/α-hetero) is 1. The first kappa shape index (κ1) is 20.8. The van der Waals surface area contributed by atoms with E-state index in [1.807, 2.05) is 25.1 Å². The molecule has 4 aliphatic rings. The van der Waals surface area contributed by atoms with Gasteiger partial charge in [-0.3, -0.25) is 19.7 Å². The standard InChI is InChI=1S/C26H27N3O3S/c1-14-3-2-4-15(9-14)24(32)29-25-28-20-11-16(12-21(30)22(20)33-25)23(31)27-13-17-10-18-5-6-19(17)26(18)7-8-26/h2-6,9,16-19H,7-8,10-13H2,1H3,(H,27,31)(H,28,29,32)/t16-,17-,18-,19-/m0/s1. The summed E-state index contributed by atoms with van der Waals surface area (Å²) >= 11 is 1.20. The second-order valence-electron chi connectivity index (χ2n) is 10.1. The van der Waals surface area contributed by atoms with E-state index in [-0.39, 0.29) is 24.0 Å². The Kier molecular flexibility index (Phi) is 4.80. The van der Waals surface area contributed by atoms with Crippen molar-refractivity contribution in [1.29, 1.82) is 0 Å². The monoisotopic (exact) mass is 461 g/mol. The summed E-state index contributed by atoms with van der Waals surface area (Å²) < 4.78 is 0. The van der Waals surface area contributed by atoms with E-state index in [9.17, 15) is 14.4 Å². The van der Waals surface area contributed by atoms with Crippen LogP contribution in [0.25, 0.3) is 0 Å². The number of hydrogen-bond acceptors (Lipinski definition) is 5. The number of ketones is 1. The Morgan fingerprint density at radius 2 is 2.06 bits per heavy atom. The molecule has 0 unspecified atom stereocenters. The third-order valence-electron chi connectivity index (χ3n) is 8.08. The maximum absolute atomic E-state index is 12.9. The third kappa shape index (κ3) is 3.53. The van der Waals surface area contributed by atoms with Gasteiger partial charge in [-0.05, 0) is 61.5 Å². The highest BCUT2D eigenvalue weighted by Gasteiger charge is 2.62. The van der Waals surface area contributed by atoms with Crippen LogP contribution in [0.4, 0.5) is 5.13 Å². The molecule has 2 bridgehead atoms. The van der Waals surface area contributed by atoms with Crippen LogP contribution in [0.2, 0.25) is 0 Å². The van der Waals surface area contributed by atoms with Crippen LogP contribution in [-0.2, 0) is 11.2 Å². The maximum Gasteiger partial charge on any atom is 0.257 e. The number of fused-ring (bicyclic) bond motifs is 1. The Labute approximate surface area is 196 Å². The zero-order valence-corrected chi connectivity index (χ0v) is 19.4. The predicted octanol–water partition coefficient (Wildman–Crippen LogP) is 4.17. The van der Waals surface area contributed by atoms with Gasteiger partial charge in [-0.2, -0.15) is 0 Å². The van der Waals surface area contributed by atoms with Crippen molar-refractivity contribution in [1.82, 2.24) is 10.3 Å². The van der Waals surface area contributed by atoms with Crippen molar-refractivity contribution in [3.05, 3.63) is 58.1 Å². The molecule has 33 heavy (non-hydrogen) atoms. The normalized spacial score (nSPS) is 28.1. The van der Waals surface area contributed by atoms with Gasteiger partial charge in [-0.25, -0.2) is 4.98 Å². The lowest BCUT2D eigenvalue weighted by Gasteiger charge is -2.23. The number of hydrogen-bond donors (Lipinski definition) is 2. The van der Waals surface area contributed by atoms with E-state index in [2.05, 4.69) is 27.8 Å². The van der Waals surface area contributed by atoms with Gasteiger partial charge in [0.25, 0.3) is 5.91 Å². The quantitative estimate of drug-likeness (QED) is 0.655. The van der Waals surface area contributed by atoms with Gasteiger partial charge in [0.2, 0.25) is 5.91 Å². The molecule has 2 N–H and O–H groups in total. The van der Waals surface area contributed by atoms with Crippen LogP contribution in [0.3, 0.4) is 0 Å². The molecule has 0 aliphatic heterocycles. The number of aryl methyl sites for hydroxylation is 1. The van der Waals surface area contributed by atoms with Gasteiger partial charge in [0.1, 0.15) is 0 Å². The van der Waals surface area contributed by atoms with Crippen LogP contribution in [0.1, 0.15) is 57.0 Å². The number of amides is 2. The highest BCUT2D eigenvalue weighted by atomic mass is 32.1. The van der Waals surface area contributed by atoms with Crippen molar-refractivity contribution in [2.45, 2.75) is 39.0 Å². The van der Waals surface area contributed by atoms with Crippen molar-refractivity contribution in [2.75, 3.05) is 11.9 Å². The van der Waals surface area contributed by atoms with Gasteiger partial charge in [0.15, 0.2) is 10.9 Å². The average Bonchev–Trinajstić information content (AvgIpc) is 3.28. The van der Waals surface area contributed by atoms with Crippen molar-refractivity contribution in [2.24, 2.45) is 29.1 Å². The second-order valence-corrected chi connectivity index (χ2v) is 11.1. The fourth-order valence-corrected chi connectivity index (χ4v) is 7.19. The zero-order chi connectivity index (χ0) is 22.7. The van der Waals surface area contributed by atoms with Gasteiger partial charge in [0, 0.05) is 24.9 Å². The van der Waals surface area contributed by atoms with Gasteiger partial charge in [-0.1, -0.05) is 41.2 Å². The highest BCUT2D eigenvalue weighted by Crippen LogP contribution is 2.69. The van der Waals surface area contributed by atoms with Crippen LogP contribution in [0.15, 0.2) is 36.4 Å². The van der Waals surface area contributed by atoms with E-state index in [1.54, 1.807) is 6.07 Å². The highest BCUT2D eigenvalue weighted by molar-refractivity contribution is 7.17. The molecule has 6 nitrogen and oxygen atoms in total. The first-order chi connectivity index (χ1) is 15.9. The summed E-state index contributed by atoms with van der Waals surface area (Å²) in [5, 5.41) is 6.36. The minimum atomic E-state index is -0.392. The number of thiazole rings is 1. The number of nitrogens with zero attached hydrogens (tertiary/aromatic N) is 1. The van der Waals surface area contributed by atoms with Crippen LogP contribution < -0.4 is 10.6 Å². The van der Waals surface area contributed by atoms with Crippen molar-refractivity contribution in [3.63, 3.8) is 0 Å². The van der Waals surface area contributed by atoms with E-state index >= 15 is 0 Å². The first-order valence-corrected chi connectivity index (χ1v) is 12.6. The lowest BCUT2D eigenvalue weighted by atomic mass is 9.87. The second kappa shape index (κ2) is 7.62. The molecule has 0 saturated heterocycles.